The number of carbonyl (C=O) groups is 1. The predicted molar refractivity (Wildman–Crippen MR) is 101 cm³/mol. The topological polar surface area (TPSA) is 54.7 Å². The Hall–Kier alpha value is -2.11. The van der Waals surface area contributed by atoms with Crippen LogP contribution in [-0.2, 0) is 9.53 Å². The second-order valence-corrected chi connectivity index (χ2v) is 7.20. The van der Waals surface area contributed by atoms with Gasteiger partial charge in [0.15, 0.2) is 0 Å². The summed E-state index contributed by atoms with van der Waals surface area (Å²) in [6, 6.07) is 12.3. The van der Waals surface area contributed by atoms with Crippen molar-refractivity contribution in [2.45, 2.75) is 31.7 Å². The van der Waals surface area contributed by atoms with Gasteiger partial charge in [0.05, 0.1) is 6.26 Å². The van der Waals surface area contributed by atoms with Crippen LogP contribution in [0.15, 0.2) is 47.1 Å². The van der Waals surface area contributed by atoms with Gasteiger partial charge in [0.1, 0.15) is 5.76 Å². The van der Waals surface area contributed by atoms with Gasteiger partial charge in [-0.05, 0) is 63.0 Å². The van der Waals surface area contributed by atoms with Crippen molar-refractivity contribution in [3.05, 3.63) is 42.7 Å². The van der Waals surface area contributed by atoms with Crippen LogP contribution in [0.1, 0.15) is 25.7 Å². The Morgan fingerprint density at radius 2 is 1.85 bits per heavy atom. The molecule has 2 aromatic rings. The van der Waals surface area contributed by atoms with Gasteiger partial charge in [0.25, 0.3) is 0 Å². The summed E-state index contributed by atoms with van der Waals surface area (Å²) in [7, 11) is 0. The molecule has 1 aromatic heterocycles. The molecule has 1 aromatic carbocycles. The molecule has 0 bridgehead atoms. The van der Waals surface area contributed by atoms with Gasteiger partial charge in [0.2, 0.25) is 5.91 Å². The molecule has 0 radical (unpaired) electrons. The minimum atomic E-state index is 0.0957. The Labute approximate surface area is 154 Å². The number of carbonyl (C=O) groups excluding carboxylic acids is 1. The summed E-state index contributed by atoms with van der Waals surface area (Å²) in [4.78, 5) is 15.2. The third-order valence-corrected chi connectivity index (χ3v) is 5.54. The molecule has 26 heavy (non-hydrogen) atoms. The first-order chi connectivity index (χ1) is 12.8. The van der Waals surface area contributed by atoms with Gasteiger partial charge in [-0.1, -0.05) is 12.1 Å². The number of ether oxygens (including phenoxy) is 1. The first-order valence-electron chi connectivity index (χ1n) is 9.56. The van der Waals surface area contributed by atoms with Crippen LogP contribution >= 0.6 is 0 Å². The molecule has 5 nitrogen and oxygen atoms in total. The second-order valence-electron chi connectivity index (χ2n) is 7.20. The van der Waals surface area contributed by atoms with Crippen LogP contribution in [0, 0.1) is 5.92 Å². The Morgan fingerprint density at radius 3 is 2.58 bits per heavy atom. The van der Waals surface area contributed by atoms with E-state index in [1.54, 1.807) is 6.26 Å². The van der Waals surface area contributed by atoms with Crippen molar-refractivity contribution >= 4 is 11.6 Å². The molecule has 3 heterocycles. The lowest BCUT2D eigenvalue weighted by Crippen LogP contribution is -2.45. The quantitative estimate of drug-likeness (QED) is 0.908. The van der Waals surface area contributed by atoms with Crippen LogP contribution < -0.4 is 5.32 Å². The fourth-order valence-electron chi connectivity index (χ4n) is 4.01. The molecular formula is C21H26N2O3. The van der Waals surface area contributed by atoms with Gasteiger partial charge < -0.3 is 19.4 Å². The average molecular weight is 354 g/mol. The van der Waals surface area contributed by atoms with Crippen molar-refractivity contribution in [1.82, 2.24) is 4.90 Å². The summed E-state index contributed by atoms with van der Waals surface area (Å²) in [5.74, 6) is 1.04. The lowest BCUT2D eigenvalue weighted by atomic mass is 9.93. The summed E-state index contributed by atoms with van der Waals surface area (Å²) >= 11 is 0. The number of nitrogens with one attached hydrogen (secondary N) is 1. The fraction of sp³-hybridized carbons (Fsp3) is 0.476. The van der Waals surface area contributed by atoms with Crippen molar-refractivity contribution in [3.63, 3.8) is 0 Å². The van der Waals surface area contributed by atoms with Crippen molar-refractivity contribution in [2.24, 2.45) is 5.92 Å². The third-order valence-electron chi connectivity index (χ3n) is 5.54. The Kier molecular flexibility index (Phi) is 5.37. The van der Waals surface area contributed by atoms with Gasteiger partial charge in [-0.15, -0.1) is 0 Å². The lowest BCUT2D eigenvalue weighted by molar-refractivity contribution is -0.121. The number of nitrogens with zero attached hydrogens (tertiary/aromatic N) is 1. The largest absolute Gasteiger partial charge is 0.464 e. The molecule has 0 saturated carbocycles. The van der Waals surface area contributed by atoms with E-state index in [0.717, 1.165) is 69.0 Å². The summed E-state index contributed by atoms with van der Waals surface area (Å²) in [5, 5.41) is 3.09. The van der Waals surface area contributed by atoms with E-state index in [4.69, 9.17) is 9.15 Å². The highest BCUT2D eigenvalue weighted by atomic mass is 16.5. The Morgan fingerprint density at radius 1 is 1.04 bits per heavy atom. The van der Waals surface area contributed by atoms with Gasteiger partial charge in [-0.25, -0.2) is 0 Å². The molecule has 1 amide bonds. The van der Waals surface area contributed by atoms with Crippen molar-refractivity contribution in [3.8, 4) is 11.3 Å². The summed E-state index contributed by atoms with van der Waals surface area (Å²) < 4.78 is 10.9. The molecule has 2 fully saturated rings. The molecule has 5 heteroatoms. The first kappa shape index (κ1) is 17.3. The number of anilines is 1. The van der Waals surface area contributed by atoms with E-state index in [1.165, 1.54) is 0 Å². The molecule has 2 saturated heterocycles. The van der Waals surface area contributed by atoms with Crippen LogP contribution in [0.2, 0.25) is 0 Å². The van der Waals surface area contributed by atoms with Gasteiger partial charge in [0, 0.05) is 36.4 Å². The van der Waals surface area contributed by atoms with Crippen LogP contribution in [0.25, 0.3) is 11.3 Å². The predicted octanol–water partition coefficient (Wildman–Crippen LogP) is 3.78. The van der Waals surface area contributed by atoms with Crippen molar-refractivity contribution in [1.29, 1.82) is 0 Å². The molecule has 4 rings (SSSR count). The molecule has 0 atom stereocenters. The highest BCUT2D eigenvalue weighted by Gasteiger charge is 2.29. The SMILES string of the molecule is O=C(Nc1cccc(-c2ccco2)c1)C1CCN(C2CCOCC2)CC1. The number of furan rings is 1. The van der Waals surface area contributed by atoms with Crippen LogP contribution in [0.5, 0.6) is 0 Å². The number of amides is 1. The minimum Gasteiger partial charge on any atom is -0.464 e. The zero-order valence-corrected chi connectivity index (χ0v) is 15.0. The first-order valence-corrected chi connectivity index (χ1v) is 9.56. The number of piperidine rings is 1. The maximum atomic E-state index is 12.7. The standard InChI is InChI=1S/C21H26N2O3/c24-21(16-6-10-23(11-7-16)19-8-13-25-14-9-19)22-18-4-1-3-17(15-18)20-5-2-12-26-20/h1-5,12,15-16,19H,6-11,13-14H2,(H,22,24). The molecule has 138 valence electrons. The number of hydrogen-bond donors (Lipinski definition) is 1. The van der Waals surface area contributed by atoms with E-state index in [0.29, 0.717) is 6.04 Å². The van der Waals surface area contributed by atoms with Gasteiger partial charge in [-0.2, -0.15) is 0 Å². The van der Waals surface area contributed by atoms with Crippen LogP contribution in [0.3, 0.4) is 0 Å². The Balaban J connectivity index is 1.32. The third kappa shape index (κ3) is 4.00. The van der Waals surface area contributed by atoms with Gasteiger partial charge >= 0.3 is 0 Å². The highest BCUT2D eigenvalue weighted by Crippen LogP contribution is 2.26. The van der Waals surface area contributed by atoms with E-state index in [1.807, 2.05) is 36.4 Å². The monoisotopic (exact) mass is 354 g/mol. The van der Waals surface area contributed by atoms with Crippen molar-refractivity contribution < 1.29 is 13.9 Å². The molecule has 1 N–H and O–H groups in total. The van der Waals surface area contributed by atoms with E-state index in [9.17, 15) is 4.79 Å². The number of benzene rings is 1. The van der Waals surface area contributed by atoms with Crippen molar-refractivity contribution in [2.75, 3.05) is 31.6 Å². The number of likely N-dealkylation sites (tertiary alicyclic amines) is 1. The van der Waals surface area contributed by atoms with E-state index >= 15 is 0 Å². The maximum absolute atomic E-state index is 12.7. The summed E-state index contributed by atoms with van der Waals surface area (Å²) in [6.07, 6.45) is 5.77. The van der Waals surface area contributed by atoms with E-state index < -0.39 is 0 Å². The average Bonchev–Trinajstić information content (AvgIpc) is 3.24. The zero-order chi connectivity index (χ0) is 17.8. The molecule has 2 aliphatic rings. The smallest absolute Gasteiger partial charge is 0.227 e. The van der Waals surface area contributed by atoms with Crippen LogP contribution in [0.4, 0.5) is 5.69 Å². The lowest BCUT2D eigenvalue weighted by Gasteiger charge is -2.38. The molecular weight excluding hydrogens is 328 g/mol. The number of rotatable bonds is 4. The Bertz CT molecular complexity index is 715. The summed E-state index contributed by atoms with van der Waals surface area (Å²) in [6.45, 7) is 3.76. The second kappa shape index (κ2) is 8.06. The molecule has 0 aliphatic carbocycles. The molecule has 2 aliphatic heterocycles. The molecule has 0 unspecified atom stereocenters. The zero-order valence-electron chi connectivity index (χ0n) is 15.0. The van der Waals surface area contributed by atoms with Crippen LogP contribution in [-0.4, -0.2) is 43.2 Å². The highest BCUT2D eigenvalue weighted by molar-refractivity contribution is 5.93. The van der Waals surface area contributed by atoms with Gasteiger partial charge in [-0.3, -0.25) is 4.79 Å². The summed E-state index contributed by atoms with van der Waals surface area (Å²) in [5.41, 5.74) is 1.80. The minimum absolute atomic E-state index is 0.0957. The fourth-order valence-corrected chi connectivity index (χ4v) is 4.01. The normalized spacial score (nSPS) is 20.2. The van der Waals surface area contributed by atoms with E-state index in [2.05, 4.69) is 10.2 Å². The maximum Gasteiger partial charge on any atom is 0.227 e. The van der Waals surface area contributed by atoms with E-state index in [-0.39, 0.29) is 11.8 Å². The number of hydrogen-bond acceptors (Lipinski definition) is 4. The molecule has 0 spiro atoms.